The number of hydrogen-bond donors (Lipinski definition) is 1. The fraction of sp³-hybridized carbons (Fsp3) is 0.250. The Morgan fingerprint density at radius 3 is 2.18 bits per heavy atom. The van der Waals surface area contributed by atoms with Crippen LogP contribution < -0.4 is 9.05 Å². The molecule has 10 heteroatoms. The first-order chi connectivity index (χ1) is 16.3. The molecule has 2 aromatic carbocycles. The summed E-state index contributed by atoms with van der Waals surface area (Å²) in [6, 6.07) is 16.0. The molecule has 9 nitrogen and oxygen atoms in total. The van der Waals surface area contributed by atoms with Crippen molar-refractivity contribution in [1.82, 2.24) is 4.90 Å². The first kappa shape index (κ1) is 23.6. The van der Waals surface area contributed by atoms with Crippen LogP contribution in [0.25, 0.3) is 0 Å². The Morgan fingerprint density at radius 2 is 1.68 bits per heavy atom. The number of β-lactam (4-membered cyclic amide) rings is 1. The van der Waals surface area contributed by atoms with E-state index >= 15 is 0 Å². The van der Waals surface area contributed by atoms with E-state index in [0.717, 1.165) is 0 Å². The second kappa shape index (κ2) is 9.75. The van der Waals surface area contributed by atoms with Crippen LogP contribution in [0.5, 0.6) is 11.5 Å². The van der Waals surface area contributed by atoms with Crippen LogP contribution in [0.2, 0.25) is 0 Å². The van der Waals surface area contributed by atoms with Crippen LogP contribution in [0.1, 0.15) is 13.3 Å². The van der Waals surface area contributed by atoms with Crippen LogP contribution in [0.15, 0.2) is 84.8 Å². The molecular formula is C24H24NO8P. The number of rotatable bonds is 10. The molecular weight excluding hydrogens is 461 g/mol. The lowest BCUT2D eigenvalue weighted by Crippen LogP contribution is -2.61. The molecule has 0 saturated carbocycles. The molecule has 4 rings (SSSR count). The van der Waals surface area contributed by atoms with Crippen molar-refractivity contribution in [2.45, 2.75) is 25.5 Å². The Kier molecular flexibility index (Phi) is 6.77. The maximum absolute atomic E-state index is 13.8. The zero-order valence-corrected chi connectivity index (χ0v) is 19.3. The smallest absolute Gasteiger partial charge is 0.457 e. The minimum absolute atomic E-state index is 0.0279. The van der Waals surface area contributed by atoms with Gasteiger partial charge in [-0.25, -0.2) is 4.79 Å². The minimum Gasteiger partial charge on any atom is -0.457 e. The van der Waals surface area contributed by atoms with Gasteiger partial charge in [0.1, 0.15) is 23.9 Å². The van der Waals surface area contributed by atoms with Crippen molar-refractivity contribution in [2.24, 2.45) is 5.92 Å². The number of hydrogen-bond acceptors (Lipinski definition) is 8. The average molecular weight is 485 g/mol. The van der Waals surface area contributed by atoms with E-state index < -0.39 is 37.8 Å². The highest BCUT2D eigenvalue weighted by atomic mass is 31.2. The molecule has 178 valence electrons. The largest absolute Gasteiger partial charge is 0.646 e. The monoisotopic (exact) mass is 485 g/mol. The maximum atomic E-state index is 13.8. The molecule has 2 aliphatic heterocycles. The summed E-state index contributed by atoms with van der Waals surface area (Å²) < 4.78 is 35.9. The Bertz CT molecular complexity index is 1100. The van der Waals surface area contributed by atoms with Crippen LogP contribution >= 0.6 is 7.82 Å². The van der Waals surface area contributed by atoms with Gasteiger partial charge in [-0.1, -0.05) is 49.1 Å². The van der Waals surface area contributed by atoms with E-state index in [2.05, 4.69) is 6.58 Å². The Hall–Kier alpha value is -3.55. The van der Waals surface area contributed by atoms with Gasteiger partial charge in [0.2, 0.25) is 5.91 Å². The lowest BCUT2D eigenvalue weighted by molar-refractivity contribution is -0.162. The van der Waals surface area contributed by atoms with E-state index in [4.69, 9.17) is 18.3 Å². The molecule has 0 unspecified atom stereocenters. The van der Waals surface area contributed by atoms with Crippen LogP contribution in [0.4, 0.5) is 0 Å². The second-order valence-electron chi connectivity index (χ2n) is 7.75. The zero-order valence-electron chi connectivity index (χ0n) is 18.4. The van der Waals surface area contributed by atoms with Crippen molar-refractivity contribution >= 4 is 19.7 Å². The molecule has 0 aromatic heterocycles. The van der Waals surface area contributed by atoms with Gasteiger partial charge < -0.3 is 23.4 Å². The summed E-state index contributed by atoms with van der Waals surface area (Å²) in [7, 11) is -4.39. The predicted octanol–water partition coefficient (Wildman–Crippen LogP) is 3.82. The number of phosphoric acid groups is 1. The van der Waals surface area contributed by atoms with Gasteiger partial charge in [0, 0.05) is 6.42 Å². The fourth-order valence-electron chi connectivity index (χ4n) is 3.92. The number of benzene rings is 2. The van der Waals surface area contributed by atoms with Gasteiger partial charge in [0.25, 0.3) is 0 Å². The molecule has 2 aliphatic rings. The minimum atomic E-state index is -4.39. The van der Waals surface area contributed by atoms with Crippen molar-refractivity contribution in [2.75, 3.05) is 6.61 Å². The lowest BCUT2D eigenvalue weighted by Gasteiger charge is -2.44. The number of esters is 1. The van der Waals surface area contributed by atoms with E-state index in [1.54, 1.807) is 60.7 Å². The molecule has 2 heterocycles. The SMILES string of the molecule is C=CCOC(=O)C1=C(OP(=O)(Oc2ccccc2)Oc2ccccc2)C[C@@H]2[C@@H]([C@@H](C)O)C(=O)N12. The number of carbonyl (C=O) groups excluding carboxylic acids is 2. The van der Waals surface area contributed by atoms with Gasteiger partial charge >= 0.3 is 13.8 Å². The van der Waals surface area contributed by atoms with Crippen LogP contribution in [-0.2, 0) is 23.4 Å². The van der Waals surface area contributed by atoms with E-state index in [0.29, 0.717) is 0 Å². The van der Waals surface area contributed by atoms with Gasteiger partial charge in [-0.2, -0.15) is 4.57 Å². The van der Waals surface area contributed by atoms with Crippen LogP contribution in [-0.4, -0.2) is 40.6 Å². The summed E-state index contributed by atoms with van der Waals surface area (Å²) in [4.78, 5) is 26.7. The van der Waals surface area contributed by atoms with Crippen molar-refractivity contribution in [1.29, 1.82) is 0 Å². The molecule has 1 saturated heterocycles. The molecule has 0 bridgehead atoms. The third-order valence-electron chi connectivity index (χ3n) is 5.36. The molecule has 0 radical (unpaired) electrons. The van der Waals surface area contributed by atoms with Gasteiger partial charge in [0.05, 0.1) is 18.1 Å². The number of fused-ring (bicyclic) bond motifs is 1. The molecule has 1 N–H and O–H groups in total. The van der Waals surface area contributed by atoms with Crippen molar-refractivity contribution in [3.63, 3.8) is 0 Å². The highest BCUT2D eigenvalue weighted by Gasteiger charge is 2.58. The first-order valence-electron chi connectivity index (χ1n) is 10.6. The first-order valence-corrected chi connectivity index (χ1v) is 12.1. The number of aliphatic hydroxyl groups excluding tert-OH is 1. The molecule has 1 fully saturated rings. The maximum Gasteiger partial charge on any atom is 0.646 e. The molecule has 34 heavy (non-hydrogen) atoms. The third kappa shape index (κ3) is 4.71. The average Bonchev–Trinajstić information content (AvgIpc) is 3.11. The molecule has 0 spiro atoms. The van der Waals surface area contributed by atoms with Gasteiger partial charge in [-0.3, -0.25) is 9.69 Å². The normalized spacial score (nSPS) is 20.2. The summed E-state index contributed by atoms with van der Waals surface area (Å²) in [6.45, 7) is 4.91. The number of carbonyl (C=O) groups is 2. The quantitative estimate of drug-likeness (QED) is 0.234. The van der Waals surface area contributed by atoms with E-state index in [9.17, 15) is 19.3 Å². The summed E-state index contributed by atoms with van der Waals surface area (Å²) in [6.07, 6.45) is 0.468. The lowest BCUT2D eigenvalue weighted by atomic mass is 9.83. The molecule has 3 atom stereocenters. The Labute approximate surface area is 196 Å². The number of nitrogens with zero attached hydrogens (tertiary/aromatic N) is 1. The number of para-hydroxylation sites is 2. The highest BCUT2D eigenvalue weighted by Crippen LogP contribution is 2.55. The number of aliphatic hydroxyl groups is 1. The van der Waals surface area contributed by atoms with E-state index in [1.807, 2.05) is 0 Å². The number of ether oxygens (including phenoxy) is 1. The number of amides is 1. The van der Waals surface area contributed by atoms with E-state index in [-0.39, 0.29) is 36.0 Å². The topological polar surface area (TPSA) is 112 Å². The zero-order chi connectivity index (χ0) is 24.3. The van der Waals surface area contributed by atoms with Crippen molar-refractivity contribution < 1.29 is 37.6 Å². The summed E-state index contributed by atoms with van der Waals surface area (Å²) in [5, 5.41) is 10.0. The summed E-state index contributed by atoms with van der Waals surface area (Å²) >= 11 is 0. The highest BCUT2D eigenvalue weighted by molar-refractivity contribution is 7.49. The van der Waals surface area contributed by atoms with Gasteiger partial charge in [0.15, 0.2) is 5.70 Å². The number of phosphoric ester groups is 1. The fourth-order valence-corrected chi connectivity index (χ4v) is 5.22. The van der Waals surface area contributed by atoms with Gasteiger partial charge in [-0.15, -0.1) is 0 Å². The van der Waals surface area contributed by atoms with E-state index in [1.165, 1.54) is 17.9 Å². The molecule has 2 aromatic rings. The summed E-state index contributed by atoms with van der Waals surface area (Å²) in [5.74, 6) is -1.67. The third-order valence-corrected chi connectivity index (χ3v) is 6.67. The predicted molar refractivity (Wildman–Crippen MR) is 121 cm³/mol. The molecule has 0 aliphatic carbocycles. The Balaban J connectivity index is 1.69. The summed E-state index contributed by atoms with van der Waals surface area (Å²) in [5.41, 5.74) is -0.192. The van der Waals surface area contributed by atoms with Crippen molar-refractivity contribution in [3.8, 4) is 11.5 Å². The molecule has 1 amide bonds. The van der Waals surface area contributed by atoms with Crippen LogP contribution in [0.3, 0.4) is 0 Å². The standard InChI is InChI=1S/C24H24NO8P/c1-3-14-30-24(28)22-20(15-19-21(16(2)26)23(27)25(19)22)33-34(29,31-17-10-6-4-7-11-17)32-18-12-8-5-9-13-18/h3-13,16,19,21,26H,1,14-15H2,2H3/t16-,19-,21-/m1/s1. The van der Waals surface area contributed by atoms with Crippen LogP contribution in [0, 0.1) is 5.92 Å². The van der Waals surface area contributed by atoms with Crippen molar-refractivity contribution in [3.05, 3.63) is 84.8 Å². The Morgan fingerprint density at radius 1 is 1.12 bits per heavy atom. The van der Waals surface area contributed by atoms with Gasteiger partial charge in [-0.05, 0) is 31.2 Å². The second-order valence-corrected chi connectivity index (χ2v) is 9.19.